The molecule has 0 bridgehead atoms. The number of hydrogen-bond donors (Lipinski definition) is 1. The van der Waals surface area contributed by atoms with E-state index in [0.29, 0.717) is 12.6 Å². The van der Waals surface area contributed by atoms with Crippen molar-refractivity contribution in [3.05, 3.63) is 47.7 Å². The minimum absolute atomic E-state index is 0.0791. The van der Waals surface area contributed by atoms with E-state index < -0.39 is 11.6 Å². The molecule has 0 unspecified atom stereocenters. The van der Waals surface area contributed by atoms with Gasteiger partial charge in [-0.1, -0.05) is 0 Å². The number of hydrogen-bond acceptors (Lipinski definition) is 4. The Morgan fingerprint density at radius 3 is 2.65 bits per heavy atom. The van der Waals surface area contributed by atoms with Crippen LogP contribution in [0.2, 0.25) is 0 Å². The molecule has 1 heterocycles. The summed E-state index contributed by atoms with van der Waals surface area (Å²) in [4.78, 5) is 0. The summed E-state index contributed by atoms with van der Waals surface area (Å²) in [6, 6.07) is 7.07. The lowest BCUT2D eigenvalue weighted by molar-refractivity contribution is 0.417. The van der Waals surface area contributed by atoms with Crippen LogP contribution < -0.4 is 10.1 Å². The highest BCUT2D eigenvalue weighted by Gasteiger charge is 2.20. The number of benzene rings is 1. The van der Waals surface area contributed by atoms with Crippen molar-refractivity contribution in [1.29, 1.82) is 0 Å². The van der Waals surface area contributed by atoms with Crippen molar-refractivity contribution in [2.24, 2.45) is 0 Å². The molecule has 104 valence electrons. The summed E-state index contributed by atoms with van der Waals surface area (Å²) in [6.45, 7) is 0.656. The summed E-state index contributed by atoms with van der Waals surface area (Å²) in [5.74, 6) is -1.33. The number of nitrogens with zero attached hydrogens (tertiary/aromatic N) is 2. The number of halogens is 2. The Morgan fingerprint density at radius 1 is 1.15 bits per heavy atom. The maximum absolute atomic E-state index is 13.4. The molecule has 0 amide bonds. The van der Waals surface area contributed by atoms with Crippen molar-refractivity contribution in [1.82, 2.24) is 15.5 Å². The fraction of sp³-hybridized carbons (Fsp3) is 0.286. The fourth-order valence-electron chi connectivity index (χ4n) is 1.70. The Labute approximate surface area is 114 Å². The Balaban J connectivity index is 1.64. The average Bonchev–Trinajstić information content (AvgIpc) is 3.25. The van der Waals surface area contributed by atoms with Gasteiger partial charge in [-0.25, -0.2) is 8.78 Å². The second kappa shape index (κ2) is 5.50. The summed E-state index contributed by atoms with van der Waals surface area (Å²) >= 11 is 0. The van der Waals surface area contributed by atoms with Crippen LogP contribution >= 0.6 is 0 Å². The van der Waals surface area contributed by atoms with Gasteiger partial charge >= 0.3 is 0 Å². The standard InChI is InChI=1S/C14H13F2N3O/c15-9-1-5-13(12(16)7-9)20-14-6-4-11(18-19-14)8-17-10-2-3-10/h1,4-7,10,17H,2-3,8H2. The first-order valence-electron chi connectivity index (χ1n) is 6.39. The smallest absolute Gasteiger partial charge is 0.239 e. The van der Waals surface area contributed by atoms with Crippen molar-refractivity contribution in [3.8, 4) is 11.6 Å². The van der Waals surface area contributed by atoms with E-state index in [1.807, 2.05) is 0 Å². The summed E-state index contributed by atoms with van der Waals surface area (Å²) < 4.78 is 31.4. The first-order valence-corrected chi connectivity index (χ1v) is 6.39. The normalized spacial score (nSPS) is 14.3. The molecule has 1 aliphatic rings. The van der Waals surface area contributed by atoms with Gasteiger partial charge in [-0.2, -0.15) is 5.10 Å². The van der Waals surface area contributed by atoms with Crippen LogP contribution in [-0.4, -0.2) is 16.2 Å². The van der Waals surface area contributed by atoms with Crippen LogP contribution in [0.4, 0.5) is 8.78 Å². The molecule has 1 fully saturated rings. The molecular formula is C14H13F2N3O. The van der Waals surface area contributed by atoms with E-state index in [2.05, 4.69) is 15.5 Å². The van der Waals surface area contributed by atoms with Crippen LogP contribution in [0.1, 0.15) is 18.5 Å². The predicted octanol–water partition coefficient (Wildman–Crippen LogP) is 2.80. The Morgan fingerprint density at radius 2 is 2.00 bits per heavy atom. The lowest BCUT2D eigenvalue weighted by Gasteiger charge is -2.06. The van der Waals surface area contributed by atoms with Crippen LogP contribution in [0.25, 0.3) is 0 Å². The number of ether oxygens (including phenoxy) is 1. The number of nitrogens with one attached hydrogen (secondary N) is 1. The first-order chi connectivity index (χ1) is 9.70. The van der Waals surface area contributed by atoms with Crippen molar-refractivity contribution < 1.29 is 13.5 Å². The van der Waals surface area contributed by atoms with E-state index in [1.165, 1.54) is 18.9 Å². The largest absolute Gasteiger partial charge is 0.434 e. The summed E-state index contributed by atoms with van der Waals surface area (Å²) in [5.41, 5.74) is 0.795. The van der Waals surface area contributed by atoms with E-state index in [9.17, 15) is 8.78 Å². The van der Waals surface area contributed by atoms with Gasteiger partial charge in [0.25, 0.3) is 0 Å². The highest BCUT2D eigenvalue weighted by molar-refractivity contribution is 5.28. The molecule has 3 rings (SSSR count). The van der Waals surface area contributed by atoms with Gasteiger partial charge < -0.3 is 10.1 Å². The molecule has 0 atom stereocenters. The first kappa shape index (κ1) is 12.9. The third-order valence-corrected chi connectivity index (χ3v) is 2.95. The van der Waals surface area contributed by atoms with Crippen molar-refractivity contribution in [2.75, 3.05) is 0 Å². The monoisotopic (exact) mass is 277 g/mol. The third-order valence-electron chi connectivity index (χ3n) is 2.95. The van der Waals surface area contributed by atoms with Crippen LogP contribution in [-0.2, 0) is 6.54 Å². The van der Waals surface area contributed by atoms with Crippen LogP contribution in [0.3, 0.4) is 0 Å². The molecule has 20 heavy (non-hydrogen) atoms. The van der Waals surface area contributed by atoms with E-state index >= 15 is 0 Å². The molecule has 0 spiro atoms. The van der Waals surface area contributed by atoms with Crippen LogP contribution in [0, 0.1) is 11.6 Å². The topological polar surface area (TPSA) is 47.0 Å². The lowest BCUT2D eigenvalue weighted by atomic mass is 10.3. The second-order valence-electron chi connectivity index (χ2n) is 4.69. The molecular weight excluding hydrogens is 264 g/mol. The zero-order valence-corrected chi connectivity index (χ0v) is 10.6. The molecule has 2 aromatic rings. The van der Waals surface area contributed by atoms with E-state index in [1.54, 1.807) is 12.1 Å². The molecule has 1 aliphatic carbocycles. The summed E-state index contributed by atoms with van der Waals surface area (Å²) in [5, 5.41) is 11.2. The fourth-order valence-corrected chi connectivity index (χ4v) is 1.70. The van der Waals surface area contributed by atoms with Gasteiger partial charge in [-0.05, 0) is 31.0 Å². The van der Waals surface area contributed by atoms with Gasteiger partial charge in [0.1, 0.15) is 5.82 Å². The molecule has 1 aromatic carbocycles. The van der Waals surface area contributed by atoms with E-state index in [4.69, 9.17) is 4.74 Å². The molecule has 1 N–H and O–H groups in total. The Bertz CT molecular complexity index is 600. The molecule has 0 radical (unpaired) electrons. The van der Waals surface area contributed by atoms with Gasteiger partial charge in [0.2, 0.25) is 5.88 Å². The SMILES string of the molecule is Fc1ccc(Oc2ccc(CNC3CC3)nn2)c(F)c1. The van der Waals surface area contributed by atoms with Crippen LogP contribution in [0.15, 0.2) is 30.3 Å². The maximum Gasteiger partial charge on any atom is 0.239 e. The summed E-state index contributed by atoms with van der Waals surface area (Å²) in [7, 11) is 0. The minimum Gasteiger partial charge on any atom is -0.434 e. The number of aromatic nitrogens is 2. The third kappa shape index (κ3) is 3.27. The average molecular weight is 277 g/mol. The zero-order valence-electron chi connectivity index (χ0n) is 10.6. The van der Waals surface area contributed by atoms with Gasteiger partial charge in [0.05, 0.1) is 5.69 Å². The van der Waals surface area contributed by atoms with E-state index in [0.717, 1.165) is 17.8 Å². The quantitative estimate of drug-likeness (QED) is 0.913. The minimum atomic E-state index is -0.772. The zero-order chi connectivity index (χ0) is 13.9. The van der Waals surface area contributed by atoms with Gasteiger partial charge in [0.15, 0.2) is 11.6 Å². The Hall–Kier alpha value is -2.08. The highest BCUT2D eigenvalue weighted by atomic mass is 19.1. The van der Waals surface area contributed by atoms with Crippen molar-refractivity contribution in [2.45, 2.75) is 25.4 Å². The molecule has 0 saturated heterocycles. The molecule has 4 nitrogen and oxygen atoms in total. The summed E-state index contributed by atoms with van der Waals surface area (Å²) in [6.07, 6.45) is 2.41. The second-order valence-corrected chi connectivity index (χ2v) is 4.69. The molecule has 1 aromatic heterocycles. The van der Waals surface area contributed by atoms with Crippen molar-refractivity contribution >= 4 is 0 Å². The van der Waals surface area contributed by atoms with Gasteiger partial charge in [-0.3, -0.25) is 0 Å². The number of rotatable bonds is 5. The van der Waals surface area contributed by atoms with Gasteiger partial charge in [0, 0.05) is 24.7 Å². The van der Waals surface area contributed by atoms with Crippen molar-refractivity contribution in [3.63, 3.8) is 0 Å². The maximum atomic E-state index is 13.4. The predicted molar refractivity (Wildman–Crippen MR) is 68.3 cm³/mol. The highest BCUT2D eigenvalue weighted by Crippen LogP contribution is 2.23. The van der Waals surface area contributed by atoms with E-state index in [-0.39, 0.29) is 11.6 Å². The molecule has 1 saturated carbocycles. The van der Waals surface area contributed by atoms with Gasteiger partial charge in [-0.15, -0.1) is 5.10 Å². The Kier molecular flexibility index (Phi) is 3.56. The lowest BCUT2D eigenvalue weighted by Crippen LogP contribution is -2.16. The van der Waals surface area contributed by atoms with Crippen LogP contribution in [0.5, 0.6) is 11.6 Å². The molecule has 6 heteroatoms. The molecule has 0 aliphatic heterocycles.